The van der Waals surface area contributed by atoms with E-state index in [0.29, 0.717) is 0 Å². The predicted molar refractivity (Wildman–Crippen MR) is 34.2 cm³/mol. The third-order valence-corrected chi connectivity index (χ3v) is 1.15. The zero-order valence-corrected chi connectivity index (χ0v) is 5.58. The summed E-state index contributed by atoms with van der Waals surface area (Å²) in [7, 11) is 0. The molecular weight excluding hydrogens is 162 g/mol. The maximum Gasteiger partial charge on any atom is 0.460 e. The van der Waals surface area contributed by atoms with Gasteiger partial charge in [-0.1, -0.05) is 5.10 Å². The van der Waals surface area contributed by atoms with Gasteiger partial charge in [0.15, 0.2) is 0 Å². The lowest BCUT2D eigenvalue weighted by molar-refractivity contribution is -0.00316. The summed E-state index contributed by atoms with van der Waals surface area (Å²) < 4.78 is 0. The van der Waals surface area contributed by atoms with E-state index in [-0.39, 0.29) is 17.4 Å². The summed E-state index contributed by atoms with van der Waals surface area (Å²) in [4.78, 5) is 2.83. The molecule has 0 aliphatic carbocycles. The Morgan fingerprint density at radius 3 is 3.00 bits per heavy atom. The summed E-state index contributed by atoms with van der Waals surface area (Å²) in [5.41, 5.74) is 8.59. The molecule has 0 amide bonds. The molecule has 1 aliphatic rings. The molecule has 0 saturated heterocycles. The third kappa shape index (κ3) is 0.812. The molecule has 12 heavy (non-hydrogen) atoms. The van der Waals surface area contributed by atoms with Crippen LogP contribution in [-0.4, -0.2) is 37.0 Å². The molecule has 0 radical (unpaired) electrons. The molecule has 0 aromatic carbocycles. The van der Waals surface area contributed by atoms with Gasteiger partial charge in [0.1, 0.15) is 5.11 Å². The lowest BCUT2D eigenvalue weighted by atomic mass is 10.3. The van der Waals surface area contributed by atoms with E-state index >= 15 is 0 Å². The molecular formula is C3HN9. The smallest absolute Gasteiger partial charge is 0.460 e. The van der Waals surface area contributed by atoms with E-state index in [4.69, 9.17) is 5.53 Å². The molecule has 2 rings (SSSR count). The van der Waals surface area contributed by atoms with Crippen LogP contribution in [0.25, 0.3) is 5.53 Å². The number of nitrogens with zero attached hydrogens (tertiary/aromatic N) is 8. The van der Waals surface area contributed by atoms with Gasteiger partial charge in [-0.15, -0.1) is 10.2 Å². The van der Waals surface area contributed by atoms with E-state index in [2.05, 4.69) is 40.9 Å². The molecule has 1 aromatic heterocycles. The van der Waals surface area contributed by atoms with E-state index in [0.717, 1.165) is 0 Å². The second-order valence-corrected chi connectivity index (χ2v) is 1.80. The molecule has 0 bridgehead atoms. The van der Waals surface area contributed by atoms with Crippen LogP contribution in [0.3, 0.4) is 0 Å². The molecule has 2 heterocycles. The quantitative estimate of drug-likeness (QED) is 0.420. The summed E-state index contributed by atoms with van der Waals surface area (Å²) in [5, 5.41) is 22.9. The van der Waals surface area contributed by atoms with Crippen molar-refractivity contribution >= 4 is 11.5 Å². The van der Waals surface area contributed by atoms with E-state index in [1.54, 1.807) is 0 Å². The van der Waals surface area contributed by atoms with Crippen molar-refractivity contribution in [2.45, 2.75) is 0 Å². The first-order valence-corrected chi connectivity index (χ1v) is 2.87. The average molecular weight is 163 g/mol. The van der Waals surface area contributed by atoms with Crippen LogP contribution in [0.15, 0.2) is 15.4 Å². The molecule has 9 heteroatoms. The lowest BCUT2D eigenvalue weighted by Crippen LogP contribution is -2.12. The molecule has 0 atom stereocenters. The van der Waals surface area contributed by atoms with Crippen LogP contribution in [0.1, 0.15) is 5.82 Å². The maximum atomic E-state index is 8.40. The van der Waals surface area contributed by atoms with Gasteiger partial charge in [-0.05, 0) is 5.21 Å². The van der Waals surface area contributed by atoms with Gasteiger partial charge in [0, 0.05) is 0 Å². The topological polar surface area (TPSA) is 128 Å². The van der Waals surface area contributed by atoms with Gasteiger partial charge in [0.05, 0.1) is 5.22 Å². The number of aromatic nitrogens is 4. The molecule has 1 aromatic rings. The number of hydrogen-bond acceptors (Lipinski definition) is 5. The van der Waals surface area contributed by atoms with Gasteiger partial charge >= 0.3 is 5.84 Å². The number of rotatable bonds is 1. The Hall–Kier alpha value is -2.28. The van der Waals surface area contributed by atoms with Crippen LogP contribution in [0.2, 0.25) is 0 Å². The predicted octanol–water partition coefficient (Wildman–Crippen LogP) is -1.00. The van der Waals surface area contributed by atoms with Gasteiger partial charge in [-0.3, -0.25) is 0 Å². The van der Waals surface area contributed by atoms with Crippen molar-refractivity contribution in [1.82, 2.24) is 20.6 Å². The SMILES string of the molecule is [N-]=[N+]=C1N=NN=C1c1nn[nH]n1. The van der Waals surface area contributed by atoms with Crippen LogP contribution in [0, 0.1) is 0 Å². The Bertz CT molecular complexity index is 389. The minimum absolute atomic E-state index is 0.0311. The van der Waals surface area contributed by atoms with E-state index < -0.39 is 0 Å². The van der Waals surface area contributed by atoms with Gasteiger partial charge in [-0.2, -0.15) is 5.21 Å². The number of tetrazole rings is 1. The van der Waals surface area contributed by atoms with Crippen LogP contribution in [-0.2, 0) is 0 Å². The van der Waals surface area contributed by atoms with E-state index in [9.17, 15) is 0 Å². The zero-order chi connectivity index (χ0) is 8.39. The summed E-state index contributed by atoms with van der Waals surface area (Å²) in [6.45, 7) is 0. The average Bonchev–Trinajstić information content (AvgIpc) is 2.74. The third-order valence-electron chi connectivity index (χ3n) is 1.15. The maximum absolute atomic E-state index is 8.40. The summed E-state index contributed by atoms with van der Waals surface area (Å²) in [5.74, 6) is 0.157. The van der Waals surface area contributed by atoms with E-state index in [1.165, 1.54) is 0 Å². The van der Waals surface area contributed by atoms with Gasteiger partial charge < -0.3 is 10.3 Å². The molecule has 1 N–H and O–H groups in total. The van der Waals surface area contributed by atoms with Crippen molar-refractivity contribution in [3.8, 4) is 0 Å². The highest BCUT2D eigenvalue weighted by Gasteiger charge is 2.29. The fourth-order valence-corrected chi connectivity index (χ4v) is 0.676. The van der Waals surface area contributed by atoms with Gasteiger partial charge in [0.2, 0.25) is 11.5 Å². The second-order valence-electron chi connectivity index (χ2n) is 1.80. The van der Waals surface area contributed by atoms with E-state index in [1.807, 2.05) is 0 Å². The highest BCUT2D eigenvalue weighted by atomic mass is 15.5. The van der Waals surface area contributed by atoms with Crippen LogP contribution in [0.4, 0.5) is 0 Å². The van der Waals surface area contributed by atoms with Crippen molar-refractivity contribution in [2.24, 2.45) is 15.4 Å². The molecule has 0 saturated carbocycles. The minimum atomic E-state index is -0.0311. The normalized spacial score (nSPS) is 14.7. The largest absolute Gasteiger partial charge is 0.497 e. The van der Waals surface area contributed by atoms with Gasteiger partial charge in [-0.25, -0.2) is 0 Å². The van der Waals surface area contributed by atoms with Crippen molar-refractivity contribution in [3.63, 3.8) is 0 Å². The molecule has 58 valence electrons. The number of amidine groups is 1. The Balaban J connectivity index is 2.46. The fraction of sp³-hybridized carbons (Fsp3) is 0. The first-order chi connectivity index (χ1) is 5.92. The van der Waals surface area contributed by atoms with Crippen molar-refractivity contribution in [1.29, 1.82) is 0 Å². The fourth-order valence-electron chi connectivity index (χ4n) is 0.676. The standard InChI is InChI=1S/C3HN9/c4-5-2-1(6-10-7-2)3-8-11-12-9-3/h(H,8,9,11,12). The van der Waals surface area contributed by atoms with Crippen LogP contribution >= 0.6 is 0 Å². The molecule has 1 aliphatic heterocycles. The Morgan fingerprint density at radius 1 is 1.42 bits per heavy atom. The zero-order valence-electron chi connectivity index (χ0n) is 5.58. The monoisotopic (exact) mass is 163 g/mol. The lowest BCUT2D eigenvalue weighted by Gasteiger charge is -1.79. The molecule has 0 fully saturated rings. The first-order valence-electron chi connectivity index (χ1n) is 2.87. The summed E-state index contributed by atoms with van der Waals surface area (Å²) >= 11 is 0. The molecule has 0 unspecified atom stereocenters. The number of H-pyrrole nitrogens is 1. The Labute approximate surface area is 64.8 Å². The number of hydrogen-bond donors (Lipinski definition) is 1. The molecule has 9 nitrogen and oxygen atoms in total. The van der Waals surface area contributed by atoms with Crippen LogP contribution < -0.4 is 0 Å². The molecule has 0 spiro atoms. The van der Waals surface area contributed by atoms with Gasteiger partial charge in [0.25, 0.3) is 0 Å². The van der Waals surface area contributed by atoms with Crippen molar-refractivity contribution in [2.75, 3.05) is 0 Å². The minimum Gasteiger partial charge on any atom is -0.497 e. The number of aromatic amines is 1. The summed E-state index contributed by atoms with van der Waals surface area (Å²) in [6.07, 6.45) is 0. The second kappa shape index (κ2) is 2.40. The number of nitrogens with one attached hydrogen (secondary N) is 1. The highest BCUT2D eigenvalue weighted by Crippen LogP contribution is 2.01. The van der Waals surface area contributed by atoms with Crippen molar-refractivity contribution < 1.29 is 4.79 Å². The summed E-state index contributed by atoms with van der Waals surface area (Å²) in [6, 6.07) is 0. The Kier molecular flexibility index (Phi) is 1.29. The first kappa shape index (κ1) is 6.43. The van der Waals surface area contributed by atoms with Crippen molar-refractivity contribution in [3.05, 3.63) is 11.4 Å². The Morgan fingerprint density at radius 2 is 2.33 bits per heavy atom. The highest BCUT2D eigenvalue weighted by molar-refractivity contribution is 6.45. The van der Waals surface area contributed by atoms with Crippen LogP contribution in [0.5, 0.6) is 0 Å².